The van der Waals surface area contributed by atoms with E-state index in [2.05, 4.69) is 5.32 Å². The fourth-order valence-corrected chi connectivity index (χ4v) is 2.23. The lowest BCUT2D eigenvalue weighted by molar-refractivity contribution is 0.191. The molecule has 2 aromatic carbocycles. The van der Waals surface area contributed by atoms with Crippen LogP contribution in [0.5, 0.6) is 11.5 Å². The summed E-state index contributed by atoms with van der Waals surface area (Å²) in [4.78, 5) is 0. The quantitative estimate of drug-likeness (QED) is 0.594. The molecule has 138 valence electrons. The molecule has 2 N–H and O–H groups in total. The maximum absolute atomic E-state index is 9.13. The van der Waals surface area contributed by atoms with Gasteiger partial charge in [-0.2, -0.15) is 0 Å². The Morgan fingerprint density at radius 2 is 1.56 bits per heavy atom. The van der Waals surface area contributed by atoms with Crippen molar-refractivity contribution in [3.05, 3.63) is 60.2 Å². The standard InChI is InChI=1S/C20H27NO3.ClH/c1-17(22)15-21-13-5-6-14-23-19-9-11-20(12-10-19)24-16-18-7-3-2-4-8-18;/h2-4,7-12,17,21-22H,5-6,13-16H2,1H3;1H. The van der Waals surface area contributed by atoms with Crippen LogP contribution in [0.4, 0.5) is 0 Å². The second-order valence-electron chi connectivity index (χ2n) is 5.85. The Balaban J connectivity index is 0.00000312. The number of unbranched alkanes of at least 4 members (excludes halogenated alkanes) is 1. The third-order valence-corrected chi connectivity index (χ3v) is 3.53. The van der Waals surface area contributed by atoms with Gasteiger partial charge in [0.15, 0.2) is 0 Å². The van der Waals surface area contributed by atoms with E-state index in [4.69, 9.17) is 14.6 Å². The predicted molar refractivity (Wildman–Crippen MR) is 104 cm³/mol. The molecule has 0 aromatic heterocycles. The molecule has 0 saturated heterocycles. The maximum atomic E-state index is 9.13. The Morgan fingerprint density at radius 3 is 2.20 bits per heavy atom. The summed E-state index contributed by atoms with van der Waals surface area (Å²) >= 11 is 0. The molecule has 0 bridgehead atoms. The van der Waals surface area contributed by atoms with Gasteiger partial charge < -0.3 is 19.9 Å². The third-order valence-electron chi connectivity index (χ3n) is 3.53. The topological polar surface area (TPSA) is 50.7 Å². The highest BCUT2D eigenvalue weighted by molar-refractivity contribution is 5.85. The minimum Gasteiger partial charge on any atom is -0.494 e. The van der Waals surface area contributed by atoms with Gasteiger partial charge in [0.05, 0.1) is 12.7 Å². The van der Waals surface area contributed by atoms with Crippen LogP contribution >= 0.6 is 12.4 Å². The Labute approximate surface area is 156 Å². The van der Waals surface area contributed by atoms with Crippen LogP contribution in [0.3, 0.4) is 0 Å². The molecular weight excluding hydrogens is 338 g/mol. The van der Waals surface area contributed by atoms with Crippen molar-refractivity contribution in [2.24, 2.45) is 0 Å². The van der Waals surface area contributed by atoms with Gasteiger partial charge in [0.2, 0.25) is 0 Å². The van der Waals surface area contributed by atoms with Crippen molar-refractivity contribution in [2.75, 3.05) is 19.7 Å². The molecule has 0 spiro atoms. The van der Waals surface area contributed by atoms with Crippen molar-refractivity contribution in [3.8, 4) is 11.5 Å². The Bertz CT molecular complexity index is 561. The summed E-state index contributed by atoms with van der Waals surface area (Å²) in [6, 6.07) is 17.9. The van der Waals surface area contributed by atoms with Crippen LogP contribution < -0.4 is 14.8 Å². The normalized spacial score (nSPS) is 11.4. The number of aliphatic hydroxyl groups is 1. The molecule has 0 heterocycles. The summed E-state index contributed by atoms with van der Waals surface area (Å²) in [5, 5.41) is 12.3. The van der Waals surface area contributed by atoms with Crippen LogP contribution in [0.1, 0.15) is 25.3 Å². The van der Waals surface area contributed by atoms with E-state index in [0.29, 0.717) is 19.8 Å². The van der Waals surface area contributed by atoms with Crippen molar-refractivity contribution < 1.29 is 14.6 Å². The van der Waals surface area contributed by atoms with E-state index in [1.165, 1.54) is 0 Å². The summed E-state index contributed by atoms with van der Waals surface area (Å²) in [7, 11) is 0. The molecule has 4 nitrogen and oxygen atoms in total. The molecule has 2 rings (SSSR count). The lowest BCUT2D eigenvalue weighted by Gasteiger charge is -2.09. The highest BCUT2D eigenvalue weighted by atomic mass is 35.5. The number of benzene rings is 2. The SMILES string of the molecule is CC(O)CNCCCCOc1ccc(OCc2ccccc2)cc1.Cl. The zero-order valence-electron chi connectivity index (χ0n) is 14.7. The summed E-state index contributed by atoms with van der Waals surface area (Å²) in [5.74, 6) is 1.70. The lowest BCUT2D eigenvalue weighted by Crippen LogP contribution is -2.25. The molecule has 0 radical (unpaired) electrons. The molecule has 25 heavy (non-hydrogen) atoms. The fourth-order valence-electron chi connectivity index (χ4n) is 2.23. The molecule has 0 amide bonds. The number of hydrogen-bond donors (Lipinski definition) is 2. The lowest BCUT2D eigenvalue weighted by atomic mass is 10.2. The second-order valence-corrected chi connectivity index (χ2v) is 5.85. The molecule has 0 fully saturated rings. The zero-order chi connectivity index (χ0) is 17.0. The van der Waals surface area contributed by atoms with Crippen LogP contribution in [-0.4, -0.2) is 30.9 Å². The van der Waals surface area contributed by atoms with Gasteiger partial charge in [0.1, 0.15) is 18.1 Å². The van der Waals surface area contributed by atoms with E-state index < -0.39 is 0 Å². The number of rotatable bonds is 11. The summed E-state index contributed by atoms with van der Waals surface area (Å²) in [5.41, 5.74) is 1.15. The molecule has 0 aliphatic rings. The van der Waals surface area contributed by atoms with Crippen molar-refractivity contribution in [3.63, 3.8) is 0 Å². The Kier molecular flexibility index (Phi) is 10.7. The third kappa shape index (κ3) is 9.34. The average Bonchev–Trinajstić information content (AvgIpc) is 2.61. The number of halogens is 1. The Morgan fingerprint density at radius 1 is 0.920 bits per heavy atom. The highest BCUT2D eigenvalue weighted by Crippen LogP contribution is 2.18. The predicted octanol–water partition coefficient (Wildman–Crippen LogP) is 3.82. The maximum Gasteiger partial charge on any atom is 0.120 e. The number of hydrogen-bond acceptors (Lipinski definition) is 4. The van der Waals surface area contributed by atoms with E-state index in [1.54, 1.807) is 6.92 Å². The zero-order valence-corrected chi connectivity index (χ0v) is 15.5. The minimum atomic E-state index is -0.288. The molecule has 5 heteroatoms. The molecule has 0 saturated carbocycles. The Hall–Kier alpha value is -1.75. The van der Waals surface area contributed by atoms with E-state index in [-0.39, 0.29) is 18.5 Å². The minimum absolute atomic E-state index is 0. The first-order valence-corrected chi connectivity index (χ1v) is 8.52. The first-order valence-electron chi connectivity index (χ1n) is 8.52. The first kappa shape index (κ1) is 21.3. The highest BCUT2D eigenvalue weighted by Gasteiger charge is 1.98. The van der Waals surface area contributed by atoms with Crippen LogP contribution in [0.2, 0.25) is 0 Å². The number of ether oxygens (including phenoxy) is 2. The van der Waals surface area contributed by atoms with Crippen molar-refractivity contribution in [2.45, 2.75) is 32.5 Å². The second kappa shape index (κ2) is 12.6. The van der Waals surface area contributed by atoms with Crippen molar-refractivity contribution in [1.29, 1.82) is 0 Å². The summed E-state index contributed by atoms with van der Waals surface area (Å²) < 4.78 is 11.5. The van der Waals surface area contributed by atoms with Gasteiger partial charge in [-0.25, -0.2) is 0 Å². The summed E-state index contributed by atoms with van der Waals surface area (Å²) in [6.07, 6.45) is 1.73. The molecule has 1 atom stereocenters. The van der Waals surface area contributed by atoms with Gasteiger partial charge in [0, 0.05) is 6.54 Å². The van der Waals surface area contributed by atoms with Gasteiger partial charge >= 0.3 is 0 Å². The van der Waals surface area contributed by atoms with Gasteiger partial charge in [0.25, 0.3) is 0 Å². The van der Waals surface area contributed by atoms with Crippen LogP contribution in [0, 0.1) is 0 Å². The van der Waals surface area contributed by atoms with Crippen LogP contribution in [0.15, 0.2) is 54.6 Å². The molecular formula is C20H28ClNO3. The van der Waals surface area contributed by atoms with E-state index in [9.17, 15) is 0 Å². The molecule has 2 aromatic rings. The number of aliphatic hydroxyl groups excluding tert-OH is 1. The van der Waals surface area contributed by atoms with E-state index >= 15 is 0 Å². The van der Waals surface area contributed by atoms with Gasteiger partial charge in [-0.05, 0) is 56.1 Å². The monoisotopic (exact) mass is 365 g/mol. The molecule has 0 aliphatic carbocycles. The van der Waals surface area contributed by atoms with Crippen LogP contribution in [-0.2, 0) is 6.61 Å². The van der Waals surface area contributed by atoms with Gasteiger partial charge in [-0.1, -0.05) is 30.3 Å². The number of nitrogens with one attached hydrogen (secondary N) is 1. The van der Waals surface area contributed by atoms with Crippen molar-refractivity contribution >= 4 is 12.4 Å². The van der Waals surface area contributed by atoms with Crippen LogP contribution in [0.25, 0.3) is 0 Å². The van der Waals surface area contributed by atoms with Gasteiger partial charge in [-0.15, -0.1) is 12.4 Å². The molecule has 0 aliphatic heterocycles. The first-order chi connectivity index (χ1) is 11.7. The average molecular weight is 366 g/mol. The fraction of sp³-hybridized carbons (Fsp3) is 0.400. The smallest absolute Gasteiger partial charge is 0.120 e. The summed E-state index contributed by atoms with van der Waals surface area (Å²) in [6.45, 7) is 4.59. The van der Waals surface area contributed by atoms with Crippen molar-refractivity contribution in [1.82, 2.24) is 5.32 Å². The molecule has 1 unspecified atom stereocenters. The van der Waals surface area contributed by atoms with E-state index in [0.717, 1.165) is 36.4 Å². The van der Waals surface area contributed by atoms with E-state index in [1.807, 2.05) is 54.6 Å². The largest absolute Gasteiger partial charge is 0.494 e. The van der Waals surface area contributed by atoms with Gasteiger partial charge in [-0.3, -0.25) is 0 Å².